The van der Waals surface area contributed by atoms with Gasteiger partial charge in [-0.05, 0) is 46.0 Å². The minimum absolute atomic E-state index is 0.178. The Morgan fingerprint density at radius 2 is 1.93 bits per heavy atom. The summed E-state index contributed by atoms with van der Waals surface area (Å²) in [6.45, 7) is 11.1. The highest BCUT2D eigenvalue weighted by Crippen LogP contribution is 2.53. The molecule has 5 atom stereocenters. The Bertz CT molecular complexity index is 561. The molecule has 0 N–H and O–H groups in total. The van der Waals surface area contributed by atoms with E-state index in [1.807, 2.05) is 6.92 Å². The molecule has 2 aliphatic rings. The average Bonchev–Trinajstić information content (AvgIpc) is 2.76. The molecule has 0 aromatic carbocycles. The van der Waals surface area contributed by atoms with Crippen molar-refractivity contribution in [2.45, 2.75) is 78.4 Å². The van der Waals surface area contributed by atoms with Crippen LogP contribution in [0.15, 0.2) is 0 Å². The SMILES string of the molecule is CCCCOC[C@@H]1[C@@H]2[C@@H](C)N(C(=O)OC(C)(C)C)C(=O)[C@@H]2CC(F)(F)[C@H]1C. The number of nitrogens with zero attached hydrogens (tertiary/aromatic N) is 1. The lowest BCUT2D eigenvalue weighted by atomic mass is 9.65. The number of likely N-dealkylation sites (tertiary alicyclic amines) is 1. The van der Waals surface area contributed by atoms with E-state index in [-0.39, 0.29) is 12.5 Å². The van der Waals surface area contributed by atoms with Crippen LogP contribution in [0.25, 0.3) is 0 Å². The second kappa shape index (κ2) is 8.02. The van der Waals surface area contributed by atoms with Crippen LogP contribution in [0, 0.1) is 23.7 Å². The van der Waals surface area contributed by atoms with E-state index in [1.165, 1.54) is 6.92 Å². The molecule has 2 rings (SSSR count). The van der Waals surface area contributed by atoms with Crippen LogP contribution in [-0.2, 0) is 14.3 Å². The summed E-state index contributed by atoms with van der Waals surface area (Å²) in [5, 5.41) is 0. The van der Waals surface area contributed by atoms with Crippen molar-refractivity contribution in [2.24, 2.45) is 23.7 Å². The number of unbranched alkanes of at least 4 members (excludes halogenated alkanes) is 1. The molecule has 2 amide bonds. The Kier molecular flexibility index (Phi) is 6.55. The molecule has 1 aliphatic carbocycles. The number of amides is 2. The topological polar surface area (TPSA) is 55.8 Å². The van der Waals surface area contributed by atoms with Gasteiger partial charge >= 0.3 is 6.09 Å². The van der Waals surface area contributed by atoms with E-state index < -0.39 is 53.7 Å². The molecule has 0 aromatic rings. The summed E-state index contributed by atoms with van der Waals surface area (Å²) in [4.78, 5) is 26.4. The number of halogens is 2. The van der Waals surface area contributed by atoms with Crippen LogP contribution in [-0.4, -0.2) is 47.7 Å². The molecule has 0 aromatic heterocycles. The highest BCUT2D eigenvalue weighted by molar-refractivity contribution is 5.96. The third-order valence-corrected chi connectivity index (χ3v) is 5.82. The van der Waals surface area contributed by atoms with Gasteiger partial charge in [-0.1, -0.05) is 20.3 Å². The molecule has 1 saturated carbocycles. The Morgan fingerprint density at radius 1 is 1.30 bits per heavy atom. The number of carbonyl (C=O) groups excluding carboxylic acids is 2. The maximum absolute atomic E-state index is 14.6. The van der Waals surface area contributed by atoms with Crippen molar-refractivity contribution < 1.29 is 27.8 Å². The second-order valence-electron chi connectivity index (χ2n) is 8.96. The first kappa shape index (κ1) is 22.1. The minimum atomic E-state index is -2.96. The summed E-state index contributed by atoms with van der Waals surface area (Å²) in [5.74, 6) is -6.12. The van der Waals surface area contributed by atoms with Gasteiger partial charge in [0.05, 0.1) is 6.61 Å². The third kappa shape index (κ3) is 4.61. The van der Waals surface area contributed by atoms with E-state index in [9.17, 15) is 18.4 Å². The van der Waals surface area contributed by atoms with Crippen LogP contribution in [0.4, 0.5) is 13.6 Å². The number of ether oxygens (including phenoxy) is 2. The summed E-state index contributed by atoms with van der Waals surface area (Å²) >= 11 is 0. The van der Waals surface area contributed by atoms with Gasteiger partial charge in [0, 0.05) is 30.9 Å². The first-order chi connectivity index (χ1) is 12.4. The Hall–Kier alpha value is -1.24. The van der Waals surface area contributed by atoms with Crippen molar-refractivity contribution in [1.29, 1.82) is 0 Å². The molecule has 0 unspecified atom stereocenters. The van der Waals surface area contributed by atoms with Gasteiger partial charge in [-0.2, -0.15) is 0 Å². The molecule has 27 heavy (non-hydrogen) atoms. The Labute approximate surface area is 160 Å². The van der Waals surface area contributed by atoms with Gasteiger partial charge < -0.3 is 9.47 Å². The van der Waals surface area contributed by atoms with Gasteiger partial charge in [0.1, 0.15) is 5.60 Å². The lowest BCUT2D eigenvalue weighted by Gasteiger charge is -2.43. The fourth-order valence-electron chi connectivity index (χ4n) is 4.35. The molecule has 1 aliphatic heterocycles. The molecule has 1 saturated heterocycles. The van der Waals surface area contributed by atoms with Crippen LogP contribution in [0.2, 0.25) is 0 Å². The number of imide groups is 1. The van der Waals surface area contributed by atoms with Gasteiger partial charge in [-0.15, -0.1) is 0 Å². The number of rotatable bonds is 5. The van der Waals surface area contributed by atoms with Crippen molar-refractivity contribution in [3.8, 4) is 0 Å². The fourth-order valence-corrected chi connectivity index (χ4v) is 4.35. The maximum Gasteiger partial charge on any atom is 0.417 e. The first-order valence-electron chi connectivity index (χ1n) is 9.92. The van der Waals surface area contributed by atoms with Gasteiger partial charge in [-0.25, -0.2) is 18.5 Å². The minimum Gasteiger partial charge on any atom is -0.443 e. The molecular formula is C20H33F2NO4. The molecule has 5 nitrogen and oxygen atoms in total. The van der Waals surface area contributed by atoms with E-state index >= 15 is 0 Å². The zero-order chi connectivity index (χ0) is 20.6. The van der Waals surface area contributed by atoms with E-state index in [4.69, 9.17) is 9.47 Å². The monoisotopic (exact) mass is 389 g/mol. The summed E-state index contributed by atoms with van der Waals surface area (Å²) < 4.78 is 40.2. The molecule has 2 fully saturated rings. The van der Waals surface area contributed by atoms with Gasteiger partial charge in [0.25, 0.3) is 5.92 Å². The predicted molar refractivity (Wildman–Crippen MR) is 97.5 cm³/mol. The third-order valence-electron chi connectivity index (χ3n) is 5.82. The van der Waals surface area contributed by atoms with Crippen LogP contribution in [0.3, 0.4) is 0 Å². The standard InChI is InChI=1S/C20H33F2NO4/c1-7-8-9-26-11-15-12(2)20(21,22)10-14-16(15)13(3)23(17(14)24)18(25)27-19(4,5)6/h12-16H,7-11H2,1-6H3/t12-,13+,14+,15-,16+/m0/s1. The van der Waals surface area contributed by atoms with Gasteiger partial charge in [0.2, 0.25) is 5.91 Å². The number of hydrogen-bond donors (Lipinski definition) is 0. The fraction of sp³-hybridized carbons (Fsp3) is 0.900. The van der Waals surface area contributed by atoms with Crippen LogP contribution < -0.4 is 0 Å². The van der Waals surface area contributed by atoms with Crippen molar-refractivity contribution in [3.05, 3.63) is 0 Å². The first-order valence-corrected chi connectivity index (χ1v) is 9.92. The average molecular weight is 389 g/mol. The number of carbonyl (C=O) groups is 2. The van der Waals surface area contributed by atoms with E-state index in [2.05, 4.69) is 0 Å². The highest BCUT2D eigenvalue weighted by atomic mass is 19.3. The Balaban J connectivity index is 2.25. The highest BCUT2D eigenvalue weighted by Gasteiger charge is 2.62. The van der Waals surface area contributed by atoms with Gasteiger partial charge in [-0.3, -0.25) is 4.79 Å². The molecular weight excluding hydrogens is 356 g/mol. The largest absolute Gasteiger partial charge is 0.443 e. The van der Waals surface area contributed by atoms with E-state index in [0.717, 1.165) is 17.7 Å². The van der Waals surface area contributed by atoms with E-state index in [0.29, 0.717) is 6.61 Å². The zero-order valence-electron chi connectivity index (χ0n) is 17.3. The molecule has 0 spiro atoms. The normalized spacial score (nSPS) is 33.1. The van der Waals surface area contributed by atoms with Crippen molar-refractivity contribution >= 4 is 12.0 Å². The smallest absolute Gasteiger partial charge is 0.417 e. The summed E-state index contributed by atoms with van der Waals surface area (Å²) in [6, 6.07) is -0.490. The van der Waals surface area contributed by atoms with Crippen molar-refractivity contribution in [2.75, 3.05) is 13.2 Å². The molecule has 7 heteroatoms. The second-order valence-corrected chi connectivity index (χ2v) is 8.96. The number of alkyl halides is 2. The van der Waals surface area contributed by atoms with E-state index in [1.54, 1.807) is 27.7 Å². The number of hydrogen-bond acceptors (Lipinski definition) is 4. The van der Waals surface area contributed by atoms with Crippen molar-refractivity contribution in [1.82, 2.24) is 4.90 Å². The molecule has 1 heterocycles. The van der Waals surface area contributed by atoms with Gasteiger partial charge in [0.15, 0.2) is 0 Å². The van der Waals surface area contributed by atoms with Crippen molar-refractivity contribution in [3.63, 3.8) is 0 Å². The summed E-state index contributed by atoms with van der Waals surface area (Å²) in [5.41, 5.74) is -0.759. The molecule has 0 bridgehead atoms. The predicted octanol–water partition coefficient (Wildman–Crippen LogP) is 4.49. The summed E-state index contributed by atoms with van der Waals surface area (Å²) in [6.07, 6.45) is 0.552. The van der Waals surface area contributed by atoms with Crippen LogP contribution in [0.1, 0.15) is 60.8 Å². The summed E-state index contributed by atoms with van der Waals surface area (Å²) in [7, 11) is 0. The zero-order valence-corrected chi connectivity index (χ0v) is 17.3. The lowest BCUT2D eigenvalue weighted by molar-refractivity contribution is -0.158. The molecule has 156 valence electrons. The maximum atomic E-state index is 14.6. The lowest BCUT2D eigenvalue weighted by Crippen LogP contribution is -2.49. The van der Waals surface area contributed by atoms with Crippen LogP contribution >= 0.6 is 0 Å². The van der Waals surface area contributed by atoms with Crippen LogP contribution in [0.5, 0.6) is 0 Å². The molecule has 0 radical (unpaired) electrons. The quantitative estimate of drug-likeness (QED) is 0.650. The Morgan fingerprint density at radius 3 is 2.48 bits per heavy atom. The number of fused-ring (bicyclic) bond motifs is 1.